The van der Waals surface area contributed by atoms with E-state index >= 15 is 0 Å². The summed E-state index contributed by atoms with van der Waals surface area (Å²) in [6.07, 6.45) is 0. The summed E-state index contributed by atoms with van der Waals surface area (Å²) in [5.74, 6) is 0. The molecule has 0 saturated carbocycles. The highest BCUT2D eigenvalue weighted by atomic mass is 15.2. The van der Waals surface area contributed by atoms with Gasteiger partial charge in [-0.2, -0.15) is 0 Å². The van der Waals surface area contributed by atoms with Gasteiger partial charge in [0.1, 0.15) is 0 Å². The lowest BCUT2D eigenvalue weighted by Crippen LogP contribution is -2.13. The highest BCUT2D eigenvalue weighted by Crippen LogP contribution is 2.46. The summed E-state index contributed by atoms with van der Waals surface area (Å²) < 4.78 is 0. The summed E-state index contributed by atoms with van der Waals surface area (Å²) in [4.78, 5) is 11.7. The highest BCUT2D eigenvalue weighted by Gasteiger charge is 2.22. The van der Waals surface area contributed by atoms with E-state index < -0.39 is 0 Å². The number of benzene rings is 19. The molecule has 0 heterocycles. The Labute approximate surface area is 697 Å². The van der Waals surface area contributed by atoms with Crippen molar-refractivity contribution in [3.8, 4) is 89.0 Å². The summed E-state index contributed by atoms with van der Waals surface area (Å²) in [7, 11) is 0. The summed E-state index contributed by atoms with van der Waals surface area (Å²) in [5, 5.41) is 0. The molecule has 0 aliphatic heterocycles. The molecule has 0 spiro atoms. The molecular weight excluding hydrogens is 1440 g/mol. The Balaban J connectivity index is 0.561. The molecule has 19 aromatic carbocycles. The largest absolute Gasteiger partial charge is 0.311 e. The van der Waals surface area contributed by atoms with Crippen molar-refractivity contribution < 1.29 is 0 Å². The van der Waals surface area contributed by atoms with Gasteiger partial charge in [-0.1, -0.05) is 322 Å². The quantitative estimate of drug-likeness (QED) is 0.0633. The van der Waals surface area contributed by atoms with E-state index in [0.717, 1.165) is 130 Å². The predicted octanol–water partition coefficient (Wildman–Crippen LogP) is 32.4. The highest BCUT2D eigenvalue weighted by molar-refractivity contribution is 5.88. The minimum absolute atomic E-state index is 1.05. The van der Waals surface area contributed by atoms with Crippen LogP contribution in [0.4, 0.5) is 85.3 Å². The number of rotatable bonds is 23. The Bertz CT molecular complexity index is 6370. The van der Waals surface area contributed by atoms with Crippen LogP contribution in [0.15, 0.2) is 504 Å². The fourth-order valence-electron chi connectivity index (χ4n) is 16.1. The molecule has 0 amide bonds. The van der Waals surface area contributed by atoms with Gasteiger partial charge in [-0.05, 0) is 271 Å². The van der Waals surface area contributed by atoms with Gasteiger partial charge in [0.05, 0.1) is 0 Å². The second kappa shape index (κ2) is 34.1. The zero-order valence-corrected chi connectivity index (χ0v) is 65.7. The molecule has 19 rings (SSSR count). The van der Waals surface area contributed by atoms with Crippen molar-refractivity contribution in [2.75, 3.05) is 24.5 Å². The summed E-state index contributed by atoms with van der Waals surface area (Å²) in [5.41, 5.74) is 34.7. The van der Waals surface area contributed by atoms with Crippen molar-refractivity contribution in [3.63, 3.8) is 0 Å². The van der Waals surface area contributed by atoms with E-state index in [1.54, 1.807) is 0 Å². The first-order chi connectivity index (χ1) is 59.0. The van der Waals surface area contributed by atoms with Crippen molar-refractivity contribution >= 4 is 85.3 Å². The standard InChI is InChI=1S/C114H83N5/c1-8-22-84(23-9-1)92-44-60-103(61-45-92)117(104-62-46-93(47-63-104)85-24-10-2-11-25-85)107-72-56-98(57-73-107)99-58-74-108(75-59-99)118(105-64-48-94(49-65-105)86-26-12-3-13-27-86)106-68-52-96(53-69-106)90-40-36-88(37-41-90)89-38-42-91(43-39-89)97-54-70-110(71-55-97)119(109-66-50-95(51-67-109)87-28-14-4-15-29-87)114-82-80-113(81-83-114)116(102-34-20-7-21-35-102)112-78-76-111(77-79-112)115(100-30-16-5-17-31-100)101-32-18-6-19-33-101/h1-83H. The Morgan fingerprint density at radius 1 is 0.0672 bits per heavy atom. The van der Waals surface area contributed by atoms with Crippen LogP contribution in [0.3, 0.4) is 0 Å². The molecule has 564 valence electrons. The molecule has 0 radical (unpaired) electrons. The van der Waals surface area contributed by atoms with Gasteiger partial charge in [-0.15, -0.1) is 0 Å². The van der Waals surface area contributed by atoms with Gasteiger partial charge in [-0.3, -0.25) is 0 Å². The van der Waals surface area contributed by atoms with E-state index in [1.807, 2.05) is 0 Å². The van der Waals surface area contributed by atoms with Crippen LogP contribution in [-0.2, 0) is 0 Å². The summed E-state index contributed by atoms with van der Waals surface area (Å²) >= 11 is 0. The van der Waals surface area contributed by atoms with Gasteiger partial charge in [-0.25, -0.2) is 0 Å². The van der Waals surface area contributed by atoms with Crippen LogP contribution in [0.5, 0.6) is 0 Å². The number of hydrogen-bond acceptors (Lipinski definition) is 5. The Kier molecular flexibility index (Phi) is 21.0. The molecule has 0 bridgehead atoms. The van der Waals surface area contributed by atoms with Gasteiger partial charge < -0.3 is 24.5 Å². The van der Waals surface area contributed by atoms with Crippen LogP contribution < -0.4 is 24.5 Å². The van der Waals surface area contributed by atoms with Crippen molar-refractivity contribution in [1.29, 1.82) is 0 Å². The second-order valence-electron chi connectivity index (χ2n) is 29.7. The third-order valence-corrected chi connectivity index (χ3v) is 22.3. The molecule has 5 nitrogen and oxygen atoms in total. The van der Waals surface area contributed by atoms with Gasteiger partial charge >= 0.3 is 0 Å². The van der Waals surface area contributed by atoms with Gasteiger partial charge in [0, 0.05) is 85.3 Å². The molecule has 0 fully saturated rings. The number of nitrogens with zero attached hydrogens (tertiary/aromatic N) is 5. The molecule has 0 unspecified atom stereocenters. The molecule has 0 N–H and O–H groups in total. The first kappa shape index (κ1) is 73.4. The molecule has 0 saturated heterocycles. The maximum Gasteiger partial charge on any atom is 0.0463 e. The minimum Gasteiger partial charge on any atom is -0.311 e. The maximum atomic E-state index is 2.35. The number of hydrogen-bond donors (Lipinski definition) is 0. The molecular formula is C114H83N5. The lowest BCUT2D eigenvalue weighted by molar-refractivity contribution is 1.24. The predicted molar refractivity (Wildman–Crippen MR) is 503 cm³/mol. The van der Waals surface area contributed by atoms with Crippen LogP contribution >= 0.6 is 0 Å². The van der Waals surface area contributed by atoms with Crippen LogP contribution in [0.1, 0.15) is 0 Å². The van der Waals surface area contributed by atoms with E-state index in [1.165, 1.54) is 44.5 Å². The van der Waals surface area contributed by atoms with Crippen LogP contribution in [0.25, 0.3) is 89.0 Å². The van der Waals surface area contributed by atoms with E-state index in [0.29, 0.717) is 0 Å². The topological polar surface area (TPSA) is 16.2 Å². The average Bonchev–Trinajstić information content (AvgIpc) is 0.789. The lowest BCUT2D eigenvalue weighted by Gasteiger charge is -2.29. The van der Waals surface area contributed by atoms with Gasteiger partial charge in [0.2, 0.25) is 0 Å². The minimum atomic E-state index is 1.05. The lowest BCUT2D eigenvalue weighted by atomic mass is 9.97. The van der Waals surface area contributed by atoms with E-state index in [-0.39, 0.29) is 0 Å². The Morgan fingerprint density at radius 3 is 0.261 bits per heavy atom. The van der Waals surface area contributed by atoms with Crippen molar-refractivity contribution in [3.05, 3.63) is 504 Å². The number of para-hydroxylation sites is 3. The van der Waals surface area contributed by atoms with Gasteiger partial charge in [0.15, 0.2) is 0 Å². The Hall–Kier alpha value is -15.8. The first-order valence-corrected chi connectivity index (χ1v) is 40.6. The molecule has 19 aromatic rings. The second-order valence-corrected chi connectivity index (χ2v) is 29.7. The first-order valence-electron chi connectivity index (χ1n) is 40.6. The summed E-state index contributed by atoms with van der Waals surface area (Å²) in [6, 6.07) is 181. The van der Waals surface area contributed by atoms with Gasteiger partial charge in [0.25, 0.3) is 0 Å². The third kappa shape index (κ3) is 16.1. The molecule has 0 aliphatic carbocycles. The zero-order valence-electron chi connectivity index (χ0n) is 65.7. The SMILES string of the molecule is c1ccc(-c2ccc(N(c3ccc(-c4ccccc4)cc3)c3ccc(-c4ccc(N(c5ccc(-c6ccccc6)cc5)c5ccc(-c6ccc(-c7ccc(-c8ccc(N(c9ccc(-c%10ccccc%10)cc9)c9ccc(N(c%10ccccc%10)c%10ccc(N(c%11ccccc%11)c%11ccccc%11)cc%10)cc9)cc8)cc7)cc6)cc5)cc4)cc3)cc2)cc1. The molecule has 0 aromatic heterocycles. The van der Waals surface area contributed by atoms with E-state index in [4.69, 9.17) is 0 Å². The van der Waals surface area contributed by atoms with Crippen LogP contribution in [0.2, 0.25) is 0 Å². The number of anilines is 15. The normalized spacial score (nSPS) is 11.0. The molecule has 0 atom stereocenters. The maximum absolute atomic E-state index is 2.35. The Morgan fingerprint density at radius 2 is 0.143 bits per heavy atom. The van der Waals surface area contributed by atoms with Crippen LogP contribution in [0, 0.1) is 0 Å². The fourth-order valence-corrected chi connectivity index (χ4v) is 16.1. The fraction of sp³-hybridized carbons (Fsp3) is 0. The van der Waals surface area contributed by atoms with E-state index in [2.05, 4.69) is 528 Å². The van der Waals surface area contributed by atoms with E-state index in [9.17, 15) is 0 Å². The molecule has 5 heteroatoms. The monoisotopic (exact) mass is 1520 g/mol. The third-order valence-electron chi connectivity index (χ3n) is 22.3. The van der Waals surface area contributed by atoms with Crippen molar-refractivity contribution in [2.24, 2.45) is 0 Å². The summed E-state index contributed by atoms with van der Waals surface area (Å²) in [6.45, 7) is 0. The smallest absolute Gasteiger partial charge is 0.0463 e. The van der Waals surface area contributed by atoms with Crippen molar-refractivity contribution in [1.82, 2.24) is 0 Å². The molecule has 119 heavy (non-hydrogen) atoms. The molecule has 0 aliphatic rings. The van der Waals surface area contributed by atoms with Crippen molar-refractivity contribution in [2.45, 2.75) is 0 Å². The average molecular weight is 1520 g/mol. The van der Waals surface area contributed by atoms with Crippen LogP contribution in [-0.4, -0.2) is 0 Å². The zero-order chi connectivity index (χ0) is 79.5.